The summed E-state index contributed by atoms with van der Waals surface area (Å²) >= 11 is 0. The van der Waals surface area contributed by atoms with Crippen LogP contribution < -0.4 is 11.1 Å². The lowest BCUT2D eigenvalue weighted by Gasteiger charge is -2.30. The van der Waals surface area contributed by atoms with Crippen molar-refractivity contribution in [3.05, 3.63) is 11.9 Å². The molecule has 1 aliphatic heterocycles. The van der Waals surface area contributed by atoms with Gasteiger partial charge in [0.2, 0.25) is 0 Å². The molecule has 62 valence electrons. The summed E-state index contributed by atoms with van der Waals surface area (Å²) in [6, 6.07) is 0. The van der Waals surface area contributed by atoms with E-state index in [2.05, 4.69) is 10.3 Å². The van der Waals surface area contributed by atoms with E-state index in [4.69, 9.17) is 5.73 Å². The quantitative estimate of drug-likeness (QED) is 0.545. The molecular weight excluding hydrogens is 140 g/mol. The van der Waals surface area contributed by atoms with Crippen molar-refractivity contribution in [2.24, 2.45) is 10.7 Å². The van der Waals surface area contributed by atoms with Crippen LogP contribution in [0.4, 0.5) is 0 Å². The molecule has 0 aromatic heterocycles. The number of aliphatic imine (C=N–C) groups is 1. The Labute approximate surface area is 66.8 Å². The molecule has 1 heterocycles. The Morgan fingerprint density at radius 3 is 2.64 bits per heavy atom. The van der Waals surface area contributed by atoms with E-state index in [1.807, 2.05) is 32.0 Å². The summed E-state index contributed by atoms with van der Waals surface area (Å²) in [5.41, 5.74) is 5.73. The Hall–Kier alpha value is -1.03. The Morgan fingerprint density at radius 2 is 2.27 bits per heavy atom. The fourth-order valence-corrected chi connectivity index (χ4v) is 0.857. The number of allylic oxidation sites excluding steroid dienone is 1. The van der Waals surface area contributed by atoms with Gasteiger partial charge in [-0.15, -0.1) is 0 Å². The molecule has 3 N–H and O–H groups in total. The summed E-state index contributed by atoms with van der Waals surface area (Å²) in [6.45, 7) is 1.82. The van der Waals surface area contributed by atoms with Gasteiger partial charge in [-0.3, -0.25) is 10.7 Å². The van der Waals surface area contributed by atoms with E-state index in [0.29, 0.717) is 0 Å². The fourth-order valence-electron chi connectivity index (χ4n) is 0.857. The summed E-state index contributed by atoms with van der Waals surface area (Å²) in [5.74, 6) is 0.318. The zero-order chi connectivity index (χ0) is 8.48. The molecule has 0 fully saturated rings. The van der Waals surface area contributed by atoms with Crippen LogP contribution >= 0.6 is 0 Å². The Bertz CT molecular complexity index is 202. The van der Waals surface area contributed by atoms with Crippen LogP contribution in [0.1, 0.15) is 6.92 Å². The van der Waals surface area contributed by atoms with E-state index in [1.165, 1.54) is 0 Å². The van der Waals surface area contributed by atoms with E-state index in [1.54, 1.807) is 6.21 Å². The number of hydrogen-bond acceptors (Lipinski definition) is 4. The normalized spacial score (nSPS) is 29.3. The Morgan fingerprint density at radius 1 is 1.64 bits per heavy atom. The largest absolute Gasteiger partial charge is 0.364 e. The van der Waals surface area contributed by atoms with E-state index in [0.717, 1.165) is 5.82 Å². The first kappa shape index (κ1) is 8.07. The van der Waals surface area contributed by atoms with Crippen molar-refractivity contribution in [1.29, 1.82) is 0 Å². The number of nitrogens with zero attached hydrogens (tertiary/aromatic N) is 2. The molecule has 1 aliphatic rings. The van der Waals surface area contributed by atoms with Gasteiger partial charge in [-0.2, -0.15) is 0 Å². The van der Waals surface area contributed by atoms with Crippen molar-refractivity contribution in [3.63, 3.8) is 0 Å². The first-order valence-corrected chi connectivity index (χ1v) is 3.51. The summed E-state index contributed by atoms with van der Waals surface area (Å²) < 4.78 is 0. The van der Waals surface area contributed by atoms with Crippen molar-refractivity contribution in [3.8, 4) is 0 Å². The monoisotopic (exact) mass is 154 g/mol. The van der Waals surface area contributed by atoms with E-state index in [9.17, 15) is 0 Å². The number of nitrogens with one attached hydrogen (secondary N) is 1. The van der Waals surface area contributed by atoms with E-state index in [-0.39, 0.29) is 0 Å². The lowest BCUT2D eigenvalue weighted by Crippen LogP contribution is -2.52. The molecule has 0 saturated carbocycles. The maximum absolute atomic E-state index is 5.73. The molecule has 0 amide bonds. The second kappa shape index (κ2) is 2.54. The van der Waals surface area contributed by atoms with Crippen LogP contribution in [-0.2, 0) is 0 Å². The third-order valence-electron chi connectivity index (χ3n) is 1.44. The van der Waals surface area contributed by atoms with Gasteiger partial charge >= 0.3 is 0 Å². The summed E-state index contributed by atoms with van der Waals surface area (Å²) in [5, 5.41) is 3.06. The SMILES string of the molecule is CN(C)C1=CC=NC(C)(N)N1. The van der Waals surface area contributed by atoms with Gasteiger partial charge in [0.1, 0.15) is 5.82 Å². The molecule has 0 saturated heterocycles. The van der Waals surface area contributed by atoms with Crippen LogP contribution in [-0.4, -0.2) is 31.0 Å². The number of hydrogen-bond donors (Lipinski definition) is 2. The molecule has 1 atom stereocenters. The standard InChI is InChI=1S/C7H14N4/c1-7(8)9-5-4-6(10-7)11(2)3/h4-5,10H,8H2,1-3H3. The number of nitrogens with two attached hydrogens (primary N) is 1. The highest BCUT2D eigenvalue weighted by atomic mass is 15.3. The van der Waals surface area contributed by atoms with Crippen LogP contribution in [0.5, 0.6) is 0 Å². The highest BCUT2D eigenvalue weighted by molar-refractivity contribution is 5.73. The van der Waals surface area contributed by atoms with Gasteiger partial charge in [-0.05, 0) is 13.0 Å². The Kier molecular flexibility index (Phi) is 1.87. The predicted molar refractivity (Wildman–Crippen MR) is 46.0 cm³/mol. The first-order valence-electron chi connectivity index (χ1n) is 3.51. The van der Waals surface area contributed by atoms with Gasteiger partial charge < -0.3 is 10.2 Å². The maximum Gasteiger partial charge on any atom is 0.180 e. The molecule has 0 aliphatic carbocycles. The molecule has 4 nitrogen and oxygen atoms in total. The lowest BCUT2D eigenvalue weighted by atomic mass is 10.3. The highest BCUT2D eigenvalue weighted by Gasteiger charge is 2.19. The zero-order valence-corrected chi connectivity index (χ0v) is 7.13. The van der Waals surface area contributed by atoms with Gasteiger partial charge in [0, 0.05) is 20.3 Å². The minimum Gasteiger partial charge on any atom is -0.364 e. The minimum absolute atomic E-state index is 0.658. The third kappa shape index (κ3) is 1.94. The molecule has 0 spiro atoms. The van der Waals surface area contributed by atoms with E-state index >= 15 is 0 Å². The lowest BCUT2D eigenvalue weighted by molar-refractivity contribution is 0.348. The van der Waals surface area contributed by atoms with Gasteiger partial charge in [0.25, 0.3) is 0 Å². The fraction of sp³-hybridized carbons (Fsp3) is 0.571. The van der Waals surface area contributed by atoms with Crippen LogP contribution in [0.25, 0.3) is 0 Å². The van der Waals surface area contributed by atoms with Gasteiger partial charge in [-0.25, -0.2) is 0 Å². The topological polar surface area (TPSA) is 53.6 Å². The van der Waals surface area contributed by atoms with Gasteiger partial charge in [-0.1, -0.05) is 0 Å². The molecule has 0 bridgehead atoms. The van der Waals surface area contributed by atoms with Crippen molar-refractivity contribution in [1.82, 2.24) is 10.2 Å². The second-order valence-electron chi connectivity index (χ2n) is 3.00. The first-order chi connectivity index (χ1) is 5.01. The zero-order valence-electron chi connectivity index (χ0n) is 7.13. The van der Waals surface area contributed by atoms with Crippen LogP contribution in [0.3, 0.4) is 0 Å². The molecule has 0 radical (unpaired) electrons. The van der Waals surface area contributed by atoms with E-state index < -0.39 is 5.79 Å². The maximum atomic E-state index is 5.73. The van der Waals surface area contributed by atoms with Crippen LogP contribution in [0.2, 0.25) is 0 Å². The van der Waals surface area contributed by atoms with Crippen molar-refractivity contribution >= 4 is 6.21 Å². The Balaban J connectivity index is 2.73. The molecule has 4 heteroatoms. The number of rotatable bonds is 1. The van der Waals surface area contributed by atoms with Crippen molar-refractivity contribution in [2.75, 3.05) is 14.1 Å². The molecule has 11 heavy (non-hydrogen) atoms. The van der Waals surface area contributed by atoms with Crippen LogP contribution in [0, 0.1) is 0 Å². The average Bonchev–Trinajstić information content (AvgIpc) is 1.85. The molecular formula is C7H14N4. The van der Waals surface area contributed by atoms with Crippen molar-refractivity contribution < 1.29 is 0 Å². The molecule has 0 aromatic rings. The summed E-state index contributed by atoms with van der Waals surface area (Å²) in [4.78, 5) is 5.99. The summed E-state index contributed by atoms with van der Waals surface area (Å²) in [6.07, 6.45) is 3.60. The predicted octanol–water partition coefficient (Wildman–Crippen LogP) is -0.304. The van der Waals surface area contributed by atoms with Crippen LogP contribution in [0.15, 0.2) is 16.9 Å². The smallest absolute Gasteiger partial charge is 0.180 e. The third-order valence-corrected chi connectivity index (χ3v) is 1.44. The second-order valence-corrected chi connectivity index (χ2v) is 3.00. The minimum atomic E-state index is -0.658. The average molecular weight is 154 g/mol. The van der Waals surface area contributed by atoms with Gasteiger partial charge in [0.15, 0.2) is 5.79 Å². The molecule has 1 rings (SSSR count). The highest BCUT2D eigenvalue weighted by Crippen LogP contribution is 2.06. The molecule has 1 unspecified atom stereocenters. The van der Waals surface area contributed by atoms with Crippen molar-refractivity contribution in [2.45, 2.75) is 12.7 Å². The molecule has 0 aromatic carbocycles. The summed E-state index contributed by atoms with van der Waals surface area (Å²) in [7, 11) is 3.90. The van der Waals surface area contributed by atoms with Gasteiger partial charge in [0.05, 0.1) is 0 Å².